The molecule has 0 saturated heterocycles. The van der Waals surface area contributed by atoms with Crippen LogP contribution in [0.3, 0.4) is 0 Å². The van der Waals surface area contributed by atoms with E-state index in [9.17, 15) is 0 Å². The van der Waals surface area contributed by atoms with Crippen LogP contribution in [0.25, 0.3) is 0 Å². The zero-order valence-corrected chi connectivity index (χ0v) is 12.5. The van der Waals surface area contributed by atoms with Crippen molar-refractivity contribution in [2.24, 2.45) is 5.92 Å². The van der Waals surface area contributed by atoms with Gasteiger partial charge in [-0.2, -0.15) is 5.26 Å². The Morgan fingerprint density at radius 1 is 1.00 bits per heavy atom. The Morgan fingerprint density at radius 2 is 1.61 bits per heavy atom. The zero-order chi connectivity index (χ0) is 13.5. The van der Waals surface area contributed by atoms with Crippen molar-refractivity contribution in [3.8, 4) is 6.07 Å². The van der Waals surface area contributed by atoms with Crippen LogP contribution in [0.2, 0.25) is 0 Å². The minimum atomic E-state index is 0.629. The first-order chi connectivity index (χ1) is 8.81. The molecule has 0 aliphatic heterocycles. The Balaban J connectivity index is 3.10. The molecule has 0 rings (SSSR count). The van der Waals surface area contributed by atoms with Crippen LogP contribution in [0, 0.1) is 17.2 Å². The Bertz CT molecular complexity index is 196. The van der Waals surface area contributed by atoms with Crippen molar-refractivity contribution in [3.63, 3.8) is 0 Å². The molecule has 0 fully saturated rings. The predicted octanol–water partition coefficient (Wildman–Crippen LogP) is 4.66. The summed E-state index contributed by atoms with van der Waals surface area (Å²) >= 11 is 0. The van der Waals surface area contributed by atoms with Gasteiger partial charge < -0.3 is 5.32 Å². The highest BCUT2D eigenvalue weighted by atomic mass is 14.8. The maximum atomic E-state index is 8.42. The van der Waals surface area contributed by atoms with Gasteiger partial charge in [0.15, 0.2) is 0 Å². The van der Waals surface area contributed by atoms with Crippen LogP contribution in [0.4, 0.5) is 0 Å². The van der Waals surface area contributed by atoms with Gasteiger partial charge in [-0.1, -0.05) is 65.2 Å². The number of hydrogen-bond donors (Lipinski definition) is 1. The molecule has 0 amide bonds. The summed E-state index contributed by atoms with van der Waals surface area (Å²) in [6, 6.07) is 2.16. The molecule has 106 valence electrons. The Kier molecular flexibility index (Phi) is 14.1. The molecular weight excluding hydrogens is 220 g/mol. The molecule has 0 spiro atoms. The molecule has 0 aromatic carbocycles. The average Bonchev–Trinajstić information content (AvgIpc) is 2.38. The molecule has 0 aromatic heterocycles. The summed E-state index contributed by atoms with van der Waals surface area (Å²) in [6.07, 6.45) is 13.2. The normalized spacial score (nSPS) is 12.3. The minimum Gasteiger partial charge on any atom is -0.315 e. The first-order valence-electron chi connectivity index (χ1n) is 7.89. The van der Waals surface area contributed by atoms with Crippen LogP contribution in [0.15, 0.2) is 0 Å². The van der Waals surface area contributed by atoms with Crippen LogP contribution < -0.4 is 5.32 Å². The highest BCUT2D eigenvalue weighted by molar-refractivity contribution is 4.70. The first kappa shape index (κ1) is 17.4. The Labute approximate surface area is 114 Å². The van der Waals surface area contributed by atoms with Gasteiger partial charge >= 0.3 is 0 Å². The summed E-state index contributed by atoms with van der Waals surface area (Å²) in [4.78, 5) is 0. The third kappa shape index (κ3) is 13.5. The van der Waals surface area contributed by atoms with E-state index in [-0.39, 0.29) is 0 Å². The van der Waals surface area contributed by atoms with E-state index in [0.29, 0.717) is 6.42 Å². The summed E-state index contributed by atoms with van der Waals surface area (Å²) in [5, 5.41) is 11.8. The number of unbranched alkanes of at least 4 members (excludes halogenated alkanes) is 7. The molecule has 0 aromatic rings. The molecule has 1 atom stereocenters. The first-order valence-corrected chi connectivity index (χ1v) is 7.89. The second-order valence-corrected chi connectivity index (χ2v) is 5.48. The Morgan fingerprint density at radius 3 is 2.22 bits per heavy atom. The van der Waals surface area contributed by atoms with Crippen molar-refractivity contribution in [2.45, 2.75) is 78.1 Å². The van der Waals surface area contributed by atoms with Crippen LogP contribution in [-0.4, -0.2) is 13.1 Å². The van der Waals surface area contributed by atoms with Gasteiger partial charge in [0.1, 0.15) is 0 Å². The molecule has 0 heterocycles. The molecule has 0 radical (unpaired) electrons. The van der Waals surface area contributed by atoms with E-state index >= 15 is 0 Å². The highest BCUT2D eigenvalue weighted by Gasteiger charge is 2.01. The molecule has 0 saturated carbocycles. The quantitative estimate of drug-likeness (QED) is 0.484. The third-order valence-electron chi connectivity index (χ3n) is 3.46. The molecule has 0 aliphatic carbocycles. The van der Waals surface area contributed by atoms with Crippen molar-refractivity contribution in [1.29, 1.82) is 5.26 Å². The molecule has 1 unspecified atom stereocenters. The van der Waals surface area contributed by atoms with Gasteiger partial charge in [0.25, 0.3) is 0 Å². The van der Waals surface area contributed by atoms with E-state index in [2.05, 4.69) is 25.2 Å². The fourth-order valence-electron chi connectivity index (χ4n) is 2.22. The van der Waals surface area contributed by atoms with E-state index in [4.69, 9.17) is 5.26 Å². The zero-order valence-electron chi connectivity index (χ0n) is 12.5. The lowest BCUT2D eigenvalue weighted by Gasteiger charge is -2.11. The maximum absolute atomic E-state index is 8.42. The summed E-state index contributed by atoms with van der Waals surface area (Å²) < 4.78 is 0. The summed E-state index contributed by atoms with van der Waals surface area (Å²) in [6.45, 7) is 6.49. The van der Waals surface area contributed by atoms with Crippen LogP contribution >= 0.6 is 0 Å². The lowest BCUT2D eigenvalue weighted by atomic mass is 10.0. The number of nitriles is 1. The number of rotatable bonds is 13. The predicted molar refractivity (Wildman–Crippen MR) is 79.5 cm³/mol. The van der Waals surface area contributed by atoms with E-state index in [0.717, 1.165) is 19.0 Å². The molecule has 0 aliphatic rings. The van der Waals surface area contributed by atoms with Crippen molar-refractivity contribution in [3.05, 3.63) is 0 Å². The standard InChI is InChI=1S/C16H32N2/c1-3-4-5-6-7-8-9-10-12-16(2)15-18-14-11-13-17/h16,18H,3-12,14-15H2,1-2H3. The van der Waals surface area contributed by atoms with Crippen molar-refractivity contribution in [2.75, 3.05) is 13.1 Å². The second kappa shape index (κ2) is 14.5. The van der Waals surface area contributed by atoms with Gasteiger partial charge in [-0.25, -0.2) is 0 Å². The summed E-state index contributed by atoms with van der Waals surface area (Å²) in [5.74, 6) is 0.754. The average molecular weight is 252 g/mol. The highest BCUT2D eigenvalue weighted by Crippen LogP contribution is 2.12. The molecule has 2 heteroatoms. The van der Waals surface area contributed by atoms with Gasteiger partial charge in [0, 0.05) is 13.0 Å². The molecular formula is C16H32N2. The fraction of sp³-hybridized carbons (Fsp3) is 0.938. The largest absolute Gasteiger partial charge is 0.315 e. The van der Waals surface area contributed by atoms with E-state index in [1.54, 1.807) is 0 Å². The maximum Gasteiger partial charge on any atom is 0.0635 e. The molecule has 2 nitrogen and oxygen atoms in total. The monoisotopic (exact) mass is 252 g/mol. The lowest BCUT2D eigenvalue weighted by Crippen LogP contribution is -2.21. The van der Waals surface area contributed by atoms with Gasteiger partial charge in [-0.3, -0.25) is 0 Å². The topological polar surface area (TPSA) is 35.8 Å². The van der Waals surface area contributed by atoms with Crippen LogP contribution in [0.5, 0.6) is 0 Å². The Hall–Kier alpha value is -0.550. The van der Waals surface area contributed by atoms with Gasteiger partial charge in [0.2, 0.25) is 0 Å². The molecule has 0 bridgehead atoms. The van der Waals surface area contributed by atoms with Crippen LogP contribution in [0.1, 0.15) is 78.1 Å². The van der Waals surface area contributed by atoms with Gasteiger partial charge in [0.05, 0.1) is 6.07 Å². The minimum absolute atomic E-state index is 0.629. The SMILES string of the molecule is CCCCCCCCCCC(C)CNCCC#N. The third-order valence-corrected chi connectivity index (χ3v) is 3.46. The number of nitrogens with one attached hydrogen (secondary N) is 1. The number of nitrogens with zero attached hydrogens (tertiary/aromatic N) is 1. The molecule has 18 heavy (non-hydrogen) atoms. The van der Waals surface area contributed by atoms with Crippen molar-refractivity contribution in [1.82, 2.24) is 5.32 Å². The van der Waals surface area contributed by atoms with E-state index in [1.807, 2.05) is 0 Å². The van der Waals surface area contributed by atoms with Gasteiger partial charge in [-0.15, -0.1) is 0 Å². The van der Waals surface area contributed by atoms with E-state index < -0.39 is 0 Å². The summed E-state index contributed by atoms with van der Waals surface area (Å²) in [5.41, 5.74) is 0. The fourth-order valence-corrected chi connectivity index (χ4v) is 2.22. The lowest BCUT2D eigenvalue weighted by molar-refractivity contribution is 0.452. The molecule has 1 N–H and O–H groups in total. The summed E-state index contributed by atoms with van der Waals surface area (Å²) in [7, 11) is 0. The van der Waals surface area contributed by atoms with Crippen molar-refractivity contribution >= 4 is 0 Å². The van der Waals surface area contributed by atoms with Gasteiger partial charge in [-0.05, 0) is 18.9 Å². The smallest absolute Gasteiger partial charge is 0.0635 e. The van der Waals surface area contributed by atoms with Crippen LogP contribution in [-0.2, 0) is 0 Å². The second-order valence-electron chi connectivity index (χ2n) is 5.48. The number of hydrogen-bond acceptors (Lipinski definition) is 2. The van der Waals surface area contributed by atoms with E-state index in [1.165, 1.54) is 57.8 Å². The van der Waals surface area contributed by atoms with Crippen molar-refractivity contribution < 1.29 is 0 Å².